The van der Waals surface area contributed by atoms with Gasteiger partial charge in [-0.3, -0.25) is 19.3 Å². The fourth-order valence-corrected chi connectivity index (χ4v) is 2.64. The summed E-state index contributed by atoms with van der Waals surface area (Å²) in [5, 5.41) is 2.73. The highest BCUT2D eigenvalue weighted by molar-refractivity contribution is 6.22. The quantitative estimate of drug-likeness (QED) is 0.854. The van der Waals surface area contributed by atoms with Crippen molar-refractivity contribution in [2.45, 2.75) is 6.61 Å². The van der Waals surface area contributed by atoms with Crippen LogP contribution < -0.4 is 5.32 Å². The Hall–Kier alpha value is -2.99. The van der Waals surface area contributed by atoms with Gasteiger partial charge in [0.05, 0.1) is 17.7 Å². The molecule has 0 radical (unpaired) electrons. The summed E-state index contributed by atoms with van der Waals surface area (Å²) in [6, 6.07) is 13.8. The van der Waals surface area contributed by atoms with Crippen LogP contribution in [0.1, 0.15) is 26.3 Å². The molecule has 0 aliphatic carbocycles. The van der Waals surface area contributed by atoms with Gasteiger partial charge in [0.25, 0.3) is 11.8 Å². The SMILES string of the molecule is COCc1ccccc1NC(=O)CN1C(=O)c2ccccc2C1=O. The molecule has 0 saturated heterocycles. The normalized spacial score (nSPS) is 13.1. The first-order valence-corrected chi connectivity index (χ1v) is 7.43. The van der Waals surface area contributed by atoms with E-state index in [0.29, 0.717) is 23.4 Å². The molecule has 3 amide bonds. The number of hydrogen-bond donors (Lipinski definition) is 1. The Morgan fingerprint density at radius 2 is 1.58 bits per heavy atom. The van der Waals surface area contributed by atoms with Crippen LogP contribution in [0.3, 0.4) is 0 Å². The van der Waals surface area contributed by atoms with Gasteiger partial charge in [-0.2, -0.15) is 0 Å². The first-order valence-electron chi connectivity index (χ1n) is 7.43. The lowest BCUT2D eigenvalue weighted by atomic mass is 10.1. The van der Waals surface area contributed by atoms with Crippen molar-refractivity contribution in [2.24, 2.45) is 0 Å². The van der Waals surface area contributed by atoms with Crippen molar-refractivity contribution in [1.29, 1.82) is 0 Å². The average molecular weight is 324 g/mol. The summed E-state index contributed by atoms with van der Waals surface area (Å²) in [7, 11) is 1.57. The van der Waals surface area contributed by atoms with Gasteiger partial charge >= 0.3 is 0 Å². The third-order valence-corrected chi connectivity index (χ3v) is 3.77. The van der Waals surface area contributed by atoms with Crippen LogP contribution in [0.5, 0.6) is 0 Å². The molecule has 3 rings (SSSR count). The van der Waals surface area contributed by atoms with Crippen LogP contribution >= 0.6 is 0 Å². The number of rotatable bonds is 5. The van der Waals surface area contributed by atoms with E-state index in [1.54, 1.807) is 43.5 Å². The first-order chi connectivity index (χ1) is 11.6. The molecule has 2 aromatic rings. The molecular formula is C18H16N2O4. The van der Waals surface area contributed by atoms with E-state index in [4.69, 9.17) is 4.74 Å². The Morgan fingerprint density at radius 3 is 2.21 bits per heavy atom. The second kappa shape index (κ2) is 6.64. The lowest BCUT2D eigenvalue weighted by Gasteiger charge is -2.15. The van der Waals surface area contributed by atoms with Gasteiger partial charge in [-0.15, -0.1) is 0 Å². The molecule has 6 nitrogen and oxygen atoms in total. The van der Waals surface area contributed by atoms with Gasteiger partial charge in [-0.1, -0.05) is 30.3 Å². The number of methoxy groups -OCH3 is 1. The maximum absolute atomic E-state index is 12.3. The summed E-state index contributed by atoms with van der Waals surface area (Å²) in [6.07, 6.45) is 0. The predicted octanol–water partition coefficient (Wildman–Crippen LogP) is 2.07. The van der Waals surface area contributed by atoms with Crippen molar-refractivity contribution in [2.75, 3.05) is 19.0 Å². The smallest absolute Gasteiger partial charge is 0.262 e. The lowest BCUT2D eigenvalue weighted by molar-refractivity contribution is -0.116. The number of carbonyl (C=O) groups excluding carboxylic acids is 3. The highest BCUT2D eigenvalue weighted by atomic mass is 16.5. The Labute approximate surface area is 139 Å². The summed E-state index contributed by atoms with van der Waals surface area (Å²) in [5.41, 5.74) is 2.07. The third kappa shape index (κ3) is 2.91. The molecule has 0 aromatic heterocycles. The number of carbonyl (C=O) groups is 3. The van der Waals surface area contributed by atoms with Crippen LogP contribution in [0.2, 0.25) is 0 Å². The number of amides is 3. The minimum absolute atomic E-state index is 0.326. The minimum Gasteiger partial charge on any atom is -0.380 e. The highest BCUT2D eigenvalue weighted by Crippen LogP contribution is 2.22. The summed E-state index contributed by atoms with van der Waals surface area (Å²) >= 11 is 0. The van der Waals surface area contributed by atoms with Gasteiger partial charge in [-0.25, -0.2) is 0 Å². The van der Waals surface area contributed by atoms with E-state index in [1.165, 1.54) is 0 Å². The number of benzene rings is 2. The van der Waals surface area contributed by atoms with Crippen LogP contribution in [0.4, 0.5) is 5.69 Å². The molecule has 1 heterocycles. The van der Waals surface area contributed by atoms with E-state index in [0.717, 1.165) is 10.5 Å². The van der Waals surface area contributed by atoms with Crippen molar-refractivity contribution in [3.63, 3.8) is 0 Å². The van der Waals surface area contributed by atoms with Crippen LogP contribution in [0, 0.1) is 0 Å². The summed E-state index contributed by atoms with van der Waals surface area (Å²) < 4.78 is 5.09. The number of imide groups is 1. The van der Waals surface area contributed by atoms with E-state index in [-0.39, 0.29) is 6.54 Å². The molecule has 0 fully saturated rings. The molecule has 122 valence electrons. The Bertz CT molecular complexity index is 781. The molecular weight excluding hydrogens is 308 g/mol. The molecule has 6 heteroatoms. The third-order valence-electron chi connectivity index (χ3n) is 3.77. The van der Waals surface area contributed by atoms with Crippen molar-refractivity contribution < 1.29 is 19.1 Å². The Kier molecular flexibility index (Phi) is 4.39. The van der Waals surface area contributed by atoms with E-state index in [9.17, 15) is 14.4 Å². The fourth-order valence-electron chi connectivity index (χ4n) is 2.64. The number of fused-ring (bicyclic) bond motifs is 1. The van der Waals surface area contributed by atoms with Crippen molar-refractivity contribution in [3.05, 3.63) is 65.2 Å². The summed E-state index contributed by atoms with van der Waals surface area (Å²) in [4.78, 5) is 37.8. The molecule has 0 saturated carbocycles. The zero-order valence-electron chi connectivity index (χ0n) is 13.1. The van der Waals surface area contributed by atoms with Gasteiger partial charge in [0, 0.05) is 18.4 Å². The number of para-hydroxylation sites is 1. The average Bonchev–Trinajstić information content (AvgIpc) is 2.82. The van der Waals surface area contributed by atoms with Gasteiger partial charge in [0.2, 0.25) is 5.91 Å². The second-order valence-electron chi connectivity index (χ2n) is 5.38. The Balaban J connectivity index is 1.73. The van der Waals surface area contributed by atoms with Crippen molar-refractivity contribution in [1.82, 2.24) is 4.90 Å². The van der Waals surface area contributed by atoms with Gasteiger partial charge in [-0.05, 0) is 18.2 Å². The fraction of sp³-hybridized carbons (Fsp3) is 0.167. The van der Waals surface area contributed by atoms with Crippen molar-refractivity contribution in [3.8, 4) is 0 Å². The number of nitrogens with one attached hydrogen (secondary N) is 1. The summed E-state index contributed by atoms with van der Waals surface area (Å²) in [5.74, 6) is -1.33. The van der Waals surface area contributed by atoms with E-state index >= 15 is 0 Å². The molecule has 0 unspecified atom stereocenters. The van der Waals surface area contributed by atoms with E-state index < -0.39 is 17.7 Å². The predicted molar refractivity (Wildman–Crippen MR) is 87.6 cm³/mol. The number of ether oxygens (including phenoxy) is 1. The summed E-state index contributed by atoms with van der Waals surface area (Å²) in [6.45, 7) is 0.0249. The zero-order valence-corrected chi connectivity index (χ0v) is 13.1. The highest BCUT2D eigenvalue weighted by Gasteiger charge is 2.36. The van der Waals surface area contributed by atoms with E-state index in [1.807, 2.05) is 12.1 Å². The number of hydrogen-bond acceptors (Lipinski definition) is 4. The van der Waals surface area contributed by atoms with Crippen LogP contribution in [0.15, 0.2) is 48.5 Å². The van der Waals surface area contributed by atoms with Gasteiger partial charge in [0.1, 0.15) is 6.54 Å². The first kappa shape index (κ1) is 15.9. The minimum atomic E-state index is -0.448. The molecule has 2 aromatic carbocycles. The maximum Gasteiger partial charge on any atom is 0.262 e. The topological polar surface area (TPSA) is 75.7 Å². The van der Waals surface area contributed by atoms with Crippen molar-refractivity contribution >= 4 is 23.4 Å². The lowest BCUT2D eigenvalue weighted by Crippen LogP contribution is -2.37. The molecule has 0 spiro atoms. The number of anilines is 1. The second-order valence-corrected chi connectivity index (χ2v) is 5.38. The van der Waals surface area contributed by atoms with Crippen LogP contribution in [0.25, 0.3) is 0 Å². The maximum atomic E-state index is 12.3. The standard InChI is InChI=1S/C18H16N2O4/c1-24-11-12-6-2-5-9-15(12)19-16(21)10-20-17(22)13-7-3-4-8-14(13)18(20)23/h2-9H,10-11H2,1H3,(H,19,21). The molecule has 0 bridgehead atoms. The largest absolute Gasteiger partial charge is 0.380 e. The Morgan fingerprint density at radius 1 is 1.00 bits per heavy atom. The molecule has 24 heavy (non-hydrogen) atoms. The monoisotopic (exact) mass is 324 g/mol. The van der Waals surface area contributed by atoms with Crippen LogP contribution in [-0.4, -0.2) is 36.3 Å². The van der Waals surface area contributed by atoms with Crippen LogP contribution in [-0.2, 0) is 16.1 Å². The zero-order chi connectivity index (χ0) is 17.1. The molecule has 1 N–H and O–H groups in total. The van der Waals surface area contributed by atoms with Gasteiger partial charge in [0.15, 0.2) is 0 Å². The molecule has 1 aliphatic heterocycles. The molecule has 1 aliphatic rings. The number of nitrogens with zero attached hydrogens (tertiary/aromatic N) is 1. The van der Waals surface area contributed by atoms with E-state index in [2.05, 4.69) is 5.32 Å². The molecule has 0 atom stereocenters. The van der Waals surface area contributed by atoms with Gasteiger partial charge < -0.3 is 10.1 Å².